The molecule has 0 radical (unpaired) electrons. The number of nitrogens with two attached hydrogens (primary N) is 1. The second kappa shape index (κ2) is 27.6. The van der Waals surface area contributed by atoms with Crippen LogP contribution in [0, 0.1) is 0 Å². The molecule has 0 saturated carbocycles. The quantitative estimate of drug-likeness (QED) is 0.181. The Hall–Kier alpha value is 0.350. The Morgan fingerprint density at radius 1 is 0.615 bits per heavy atom. The van der Waals surface area contributed by atoms with E-state index in [0.29, 0.717) is 6.54 Å². The summed E-state index contributed by atoms with van der Waals surface area (Å²) in [4.78, 5) is 0. The third-order valence-corrected chi connectivity index (χ3v) is 5.38. The van der Waals surface area contributed by atoms with E-state index >= 15 is 0 Å². The summed E-state index contributed by atoms with van der Waals surface area (Å²) in [5.41, 5.74) is 5.20. The van der Waals surface area contributed by atoms with Crippen LogP contribution < -0.4 is 5.73 Å². The molecule has 3 heteroatoms. The van der Waals surface area contributed by atoms with Crippen molar-refractivity contribution in [3.05, 3.63) is 0 Å². The summed E-state index contributed by atoms with van der Waals surface area (Å²) in [6.07, 6.45) is 25.8. The summed E-state index contributed by atoms with van der Waals surface area (Å²) < 4.78 is 0. The van der Waals surface area contributed by atoms with Crippen LogP contribution in [0.15, 0.2) is 0 Å². The summed E-state index contributed by atoms with van der Waals surface area (Å²) in [6.45, 7) is 4.85. The highest BCUT2D eigenvalue weighted by molar-refractivity contribution is 7.16. The van der Waals surface area contributed by atoms with Crippen LogP contribution >= 0.6 is 9.24 Å². The Kier molecular flexibility index (Phi) is 30.3. The van der Waals surface area contributed by atoms with E-state index in [9.17, 15) is 0 Å². The first-order chi connectivity index (χ1) is 12.7. The van der Waals surface area contributed by atoms with Gasteiger partial charge in [-0.1, -0.05) is 117 Å². The van der Waals surface area contributed by atoms with Crippen LogP contribution in [-0.2, 0) is 0 Å². The number of hydrogen-bond donors (Lipinski definition) is 2. The maximum Gasteiger partial charge on any atom is 0.0662 e. The maximum atomic E-state index is 8.96. The molecule has 3 N–H and O–H groups in total. The van der Waals surface area contributed by atoms with Crippen molar-refractivity contribution in [3.8, 4) is 0 Å². The molecule has 0 bridgehead atoms. The molecule has 0 aliphatic carbocycles. The summed E-state index contributed by atoms with van der Waals surface area (Å²) >= 11 is 0. The van der Waals surface area contributed by atoms with Crippen molar-refractivity contribution in [1.29, 1.82) is 0 Å². The van der Waals surface area contributed by atoms with Gasteiger partial charge in [-0.3, -0.25) is 0 Å². The molecule has 2 atom stereocenters. The SMILES string of the molecule is CCCCCC(O)CN.CCCCCCCCCCCCCCCCP. The normalized spacial score (nSPS) is 11.9. The van der Waals surface area contributed by atoms with Crippen molar-refractivity contribution in [2.75, 3.05) is 12.7 Å². The molecule has 26 heavy (non-hydrogen) atoms. The van der Waals surface area contributed by atoms with Crippen molar-refractivity contribution in [1.82, 2.24) is 0 Å². The first-order valence-electron chi connectivity index (χ1n) is 11.8. The Labute approximate surface area is 168 Å². The molecule has 0 heterocycles. The van der Waals surface area contributed by atoms with Gasteiger partial charge in [-0.2, -0.15) is 0 Å². The molecular weight excluding hydrogens is 337 g/mol. The van der Waals surface area contributed by atoms with Crippen molar-refractivity contribution < 1.29 is 5.11 Å². The maximum absolute atomic E-state index is 8.96. The lowest BCUT2D eigenvalue weighted by atomic mass is 10.0. The number of rotatable bonds is 19. The van der Waals surface area contributed by atoms with E-state index in [1.807, 2.05) is 0 Å². The average Bonchev–Trinajstić information content (AvgIpc) is 2.66. The topological polar surface area (TPSA) is 46.2 Å². The van der Waals surface area contributed by atoms with Crippen molar-refractivity contribution in [2.45, 2.75) is 136 Å². The molecule has 0 aromatic heterocycles. The number of hydrogen-bond acceptors (Lipinski definition) is 2. The molecule has 0 aliphatic heterocycles. The van der Waals surface area contributed by atoms with Gasteiger partial charge in [0, 0.05) is 6.54 Å². The summed E-state index contributed by atoms with van der Waals surface area (Å²) in [6, 6.07) is 0. The van der Waals surface area contributed by atoms with Crippen LogP contribution in [-0.4, -0.2) is 23.9 Å². The fourth-order valence-electron chi connectivity index (χ4n) is 3.09. The number of unbranched alkanes of at least 4 members (excludes halogenated alkanes) is 15. The van der Waals surface area contributed by atoms with Crippen molar-refractivity contribution in [2.24, 2.45) is 5.73 Å². The highest BCUT2D eigenvalue weighted by atomic mass is 31.0. The van der Waals surface area contributed by atoms with Gasteiger partial charge in [-0.15, -0.1) is 9.24 Å². The summed E-state index contributed by atoms with van der Waals surface area (Å²) in [5, 5.41) is 8.96. The molecule has 0 aliphatic rings. The van der Waals surface area contributed by atoms with E-state index < -0.39 is 0 Å². The largest absolute Gasteiger partial charge is 0.392 e. The number of aliphatic hydroxyl groups excluding tert-OH is 1. The van der Waals surface area contributed by atoms with Gasteiger partial charge in [0.2, 0.25) is 0 Å². The molecule has 0 spiro atoms. The average molecular weight is 390 g/mol. The van der Waals surface area contributed by atoms with Crippen molar-refractivity contribution in [3.63, 3.8) is 0 Å². The van der Waals surface area contributed by atoms with Crippen LogP contribution in [0.3, 0.4) is 0 Å². The highest BCUT2D eigenvalue weighted by Crippen LogP contribution is 2.13. The lowest BCUT2D eigenvalue weighted by Crippen LogP contribution is -2.19. The van der Waals surface area contributed by atoms with E-state index in [4.69, 9.17) is 10.8 Å². The molecule has 0 aromatic rings. The van der Waals surface area contributed by atoms with Gasteiger partial charge < -0.3 is 10.8 Å². The van der Waals surface area contributed by atoms with Gasteiger partial charge in [-0.25, -0.2) is 0 Å². The Bertz CT molecular complexity index is 212. The summed E-state index contributed by atoms with van der Waals surface area (Å²) in [5.74, 6) is 0. The first kappa shape index (κ1) is 28.6. The molecule has 160 valence electrons. The number of aliphatic hydroxyl groups is 1. The van der Waals surface area contributed by atoms with E-state index in [1.165, 1.54) is 109 Å². The standard InChI is InChI=1S/C16H35P.C7H17NO/c1-2-3-4-5-6-7-8-9-10-11-12-13-14-15-16-17;1-2-3-4-5-7(9)6-8/h2-17H2,1H3;7,9H,2-6,8H2,1H3. The van der Waals surface area contributed by atoms with Gasteiger partial charge in [0.25, 0.3) is 0 Å². The zero-order valence-electron chi connectivity index (χ0n) is 18.3. The predicted molar refractivity (Wildman–Crippen MR) is 124 cm³/mol. The molecule has 0 fully saturated rings. The molecular formula is C23H52NOP. The van der Waals surface area contributed by atoms with E-state index in [-0.39, 0.29) is 6.10 Å². The molecule has 0 saturated heterocycles. The zero-order valence-corrected chi connectivity index (χ0v) is 19.5. The van der Waals surface area contributed by atoms with Crippen LogP contribution in [0.1, 0.15) is 129 Å². The molecule has 2 nitrogen and oxygen atoms in total. The first-order valence-corrected chi connectivity index (χ1v) is 12.6. The minimum atomic E-state index is -0.267. The smallest absolute Gasteiger partial charge is 0.0662 e. The lowest BCUT2D eigenvalue weighted by molar-refractivity contribution is 0.169. The van der Waals surface area contributed by atoms with Crippen LogP contribution in [0.5, 0.6) is 0 Å². The van der Waals surface area contributed by atoms with Gasteiger partial charge in [-0.05, 0) is 19.0 Å². The third-order valence-electron chi connectivity index (χ3n) is 4.97. The molecule has 0 aromatic carbocycles. The van der Waals surface area contributed by atoms with Gasteiger partial charge >= 0.3 is 0 Å². The second-order valence-corrected chi connectivity index (χ2v) is 8.35. The Morgan fingerprint density at radius 2 is 0.962 bits per heavy atom. The fourth-order valence-corrected chi connectivity index (χ4v) is 3.38. The predicted octanol–water partition coefficient (Wildman–Crippen LogP) is 7.23. The third kappa shape index (κ3) is 29.1. The van der Waals surface area contributed by atoms with Crippen LogP contribution in [0.25, 0.3) is 0 Å². The molecule has 2 unspecified atom stereocenters. The van der Waals surface area contributed by atoms with Crippen LogP contribution in [0.4, 0.5) is 0 Å². The minimum Gasteiger partial charge on any atom is -0.392 e. The Balaban J connectivity index is 0. The van der Waals surface area contributed by atoms with Crippen LogP contribution in [0.2, 0.25) is 0 Å². The van der Waals surface area contributed by atoms with Crippen molar-refractivity contribution >= 4 is 9.24 Å². The van der Waals surface area contributed by atoms with E-state index in [2.05, 4.69) is 23.1 Å². The lowest BCUT2D eigenvalue weighted by Gasteiger charge is -2.04. The van der Waals surface area contributed by atoms with Gasteiger partial charge in [0.05, 0.1) is 6.10 Å². The summed E-state index contributed by atoms with van der Waals surface area (Å²) in [7, 11) is 2.82. The monoisotopic (exact) mass is 389 g/mol. The zero-order chi connectivity index (χ0) is 19.7. The van der Waals surface area contributed by atoms with E-state index in [1.54, 1.807) is 0 Å². The second-order valence-electron chi connectivity index (χ2n) is 7.77. The van der Waals surface area contributed by atoms with Gasteiger partial charge in [0.1, 0.15) is 0 Å². The highest BCUT2D eigenvalue weighted by Gasteiger charge is 1.98. The van der Waals surface area contributed by atoms with E-state index in [0.717, 1.165) is 12.8 Å². The molecule has 0 amide bonds. The minimum absolute atomic E-state index is 0.267. The fraction of sp³-hybridized carbons (Fsp3) is 1.00. The Morgan fingerprint density at radius 3 is 1.31 bits per heavy atom. The molecule has 0 rings (SSSR count). The van der Waals surface area contributed by atoms with Gasteiger partial charge in [0.15, 0.2) is 0 Å².